The first-order chi connectivity index (χ1) is 9.51. The topological polar surface area (TPSA) is 38.0 Å². The Kier molecular flexibility index (Phi) is 5.02. The first kappa shape index (κ1) is 15.3. The van der Waals surface area contributed by atoms with Gasteiger partial charge in [0.05, 0.1) is 11.1 Å². The lowest BCUT2D eigenvalue weighted by Crippen LogP contribution is -2.21. The maximum atomic E-state index is 13.5. The van der Waals surface area contributed by atoms with Crippen molar-refractivity contribution in [2.75, 3.05) is 11.9 Å². The minimum atomic E-state index is -0.437. The second kappa shape index (κ2) is 6.57. The third-order valence-corrected chi connectivity index (χ3v) is 4.03. The second-order valence-electron chi connectivity index (χ2n) is 4.59. The molecular weight excluding hydrogens is 343 g/mol. The zero-order valence-electron chi connectivity index (χ0n) is 11.0. The van der Waals surface area contributed by atoms with Gasteiger partial charge in [-0.1, -0.05) is 23.7 Å². The minimum absolute atomic E-state index is 0.112. The van der Waals surface area contributed by atoms with Crippen LogP contribution in [-0.2, 0) is 0 Å². The Morgan fingerprint density at radius 3 is 2.70 bits per heavy atom. The lowest BCUT2D eigenvalue weighted by atomic mass is 10.1. The molecule has 2 rings (SSSR count). The van der Waals surface area contributed by atoms with Crippen molar-refractivity contribution in [1.82, 2.24) is 0 Å². The van der Waals surface area contributed by atoms with Gasteiger partial charge >= 0.3 is 0 Å². The molecule has 106 valence electrons. The zero-order chi connectivity index (χ0) is 14.7. The van der Waals surface area contributed by atoms with E-state index in [1.54, 1.807) is 12.1 Å². The molecule has 2 nitrogen and oxygen atoms in total. The van der Waals surface area contributed by atoms with Gasteiger partial charge in [0.2, 0.25) is 0 Å². The van der Waals surface area contributed by atoms with Crippen LogP contribution in [0.3, 0.4) is 0 Å². The van der Waals surface area contributed by atoms with Crippen LogP contribution in [0.5, 0.6) is 0 Å². The smallest absolute Gasteiger partial charge is 0.142 e. The number of halogens is 3. The molecule has 0 aromatic heterocycles. The Bertz CT molecular complexity index is 619. The molecule has 0 aliphatic rings. The lowest BCUT2D eigenvalue weighted by Gasteiger charge is -2.20. The molecule has 0 aliphatic heterocycles. The molecule has 0 saturated heterocycles. The second-order valence-corrected chi connectivity index (χ2v) is 5.85. The highest BCUT2D eigenvalue weighted by Crippen LogP contribution is 2.28. The number of hydrogen-bond acceptors (Lipinski definition) is 2. The summed E-state index contributed by atoms with van der Waals surface area (Å²) >= 11 is 9.19. The molecule has 1 unspecified atom stereocenters. The van der Waals surface area contributed by atoms with E-state index in [4.69, 9.17) is 17.3 Å². The fraction of sp³-hybridized carbons (Fsp3) is 0.200. The van der Waals surface area contributed by atoms with Crippen LogP contribution in [0.2, 0.25) is 5.02 Å². The summed E-state index contributed by atoms with van der Waals surface area (Å²) < 4.78 is 14.5. The van der Waals surface area contributed by atoms with Gasteiger partial charge in [-0.2, -0.15) is 0 Å². The van der Waals surface area contributed by atoms with Gasteiger partial charge < -0.3 is 11.1 Å². The fourth-order valence-electron chi connectivity index (χ4n) is 1.94. The number of nitrogens with two attached hydrogens (primary N) is 1. The molecule has 0 radical (unpaired) electrons. The molecule has 2 aromatic rings. The number of rotatable bonds is 4. The fourth-order valence-corrected chi connectivity index (χ4v) is 2.42. The normalized spacial score (nSPS) is 12.2. The predicted molar refractivity (Wildman–Crippen MR) is 85.7 cm³/mol. The SMILES string of the molecule is Cc1ccc(Br)c(NC(CN)c2ccc(Cl)c(F)c2)c1. The van der Waals surface area contributed by atoms with Crippen LogP contribution in [0.1, 0.15) is 17.2 Å². The van der Waals surface area contributed by atoms with Gasteiger partial charge in [0, 0.05) is 16.7 Å². The van der Waals surface area contributed by atoms with Crippen molar-refractivity contribution in [2.24, 2.45) is 5.73 Å². The van der Waals surface area contributed by atoms with Gasteiger partial charge in [-0.25, -0.2) is 4.39 Å². The molecule has 20 heavy (non-hydrogen) atoms. The number of benzene rings is 2. The van der Waals surface area contributed by atoms with E-state index in [0.717, 1.165) is 21.3 Å². The summed E-state index contributed by atoms with van der Waals surface area (Å²) in [6.07, 6.45) is 0. The number of hydrogen-bond donors (Lipinski definition) is 2. The van der Waals surface area contributed by atoms with Gasteiger partial charge in [0.1, 0.15) is 5.82 Å². The van der Waals surface area contributed by atoms with Crippen LogP contribution in [-0.4, -0.2) is 6.54 Å². The van der Waals surface area contributed by atoms with Gasteiger partial charge in [0.25, 0.3) is 0 Å². The molecule has 0 saturated carbocycles. The summed E-state index contributed by atoms with van der Waals surface area (Å²) in [4.78, 5) is 0. The molecule has 3 N–H and O–H groups in total. The third kappa shape index (κ3) is 3.51. The Hall–Kier alpha value is -1.10. The highest BCUT2D eigenvalue weighted by Gasteiger charge is 2.13. The summed E-state index contributed by atoms with van der Waals surface area (Å²) in [5.74, 6) is -0.437. The summed E-state index contributed by atoms with van der Waals surface area (Å²) in [5, 5.41) is 3.43. The Morgan fingerprint density at radius 1 is 1.30 bits per heavy atom. The van der Waals surface area contributed by atoms with Crippen molar-refractivity contribution < 1.29 is 4.39 Å². The largest absolute Gasteiger partial charge is 0.376 e. The summed E-state index contributed by atoms with van der Waals surface area (Å²) in [5.41, 5.74) is 8.62. The molecule has 2 aromatic carbocycles. The van der Waals surface area contributed by atoms with E-state index in [1.807, 2.05) is 25.1 Å². The summed E-state index contributed by atoms with van der Waals surface area (Å²) in [7, 11) is 0. The molecule has 0 amide bonds. The van der Waals surface area contributed by atoms with Crippen molar-refractivity contribution in [3.63, 3.8) is 0 Å². The van der Waals surface area contributed by atoms with Crippen molar-refractivity contribution >= 4 is 33.2 Å². The minimum Gasteiger partial charge on any atom is -0.376 e. The predicted octanol–water partition coefficient (Wildman–Crippen LogP) is 4.66. The van der Waals surface area contributed by atoms with E-state index in [-0.39, 0.29) is 11.1 Å². The average molecular weight is 358 g/mol. The summed E-state index contributed by atoms with van der Waals surface area (Å²) in [6.45, 7) is 2.36. The molecule has 5 heteroatoms. The van der Waals surface area contributed by atoms with Gasteiger partial charge in [0.15, 0.2) is 0 Å². The maximum absolute atomic E-state index is 13.5. The van der Waals surface area contributed by atoms with Crippen molar-refractivity contribution in [3.05, 3.63) is 62.8 Å². The molecule has 0 aliphatic carbocycles. The lowest BCUT2D eigenvalue weighted by molar-refractivity contribution is 0.622. The Balaban J connectivity index is 2.28. The van der Waals surface area contributed by atoms with Gasteiger partial charge in [-0.05, 0) is 58.2 Å². The highest BCUT2D eigenvalue weighted by atomic mass is 79.9. The molecule has 0 fully saturated rings. The van der Waals surface area contributed by atoms with E-state index < -0.39 is 5.82 Å². The van der Waals surface area contributed by atoms with Crippen LogP contribution < -0.4 is 11.1 Å². The first-order valence-electron chi connectivity index (χ1n) is 6.19. The molecule has 1 atom stereocenters. The van der Waals surface area contributed by atoms with E-state index >= 15 is 0 Å². The van der Waals surface area contributed by atoms with Crippen molar-refractivity contribution in [1.29, 1.82) is 0 Å². The van der Waals surface area contributed by atoms with E-state index in [1.165, 1.54) is 6.07 Å². The number of nitrogens with one attached hydrogen (secondary N) is 1. The van der Waals surface area contributed by atoms with Gasteiger partial charge in [-0.15, -0.1) is 0 Å². The van der Waals surface area contributed by atoms with Crippen molar-refractivity contribution in [2.45, 2.75) is 13.0 Å². The van der Waals surface area contributed by atoms with Crippen LogP contribution in [0.4, 0.5) is 10.1 Å². The summed E-state index contributed by atoms with van der Waals surface area (Å²) in [6, 6.07) is 10.5. The van der Waals surface area contributed by atoms with Crippen molar-refractivity contribution in [3.8, 4) is 0 Å². The molecule has 0 spiro atoms. The average Bonchev–Trinajstić information content (AvgIpc) is 2.43. The Morgan fingerprint density at radius 2 is 2.05 bits per heavy atom. The zero-order valence-corrected chi connectivity index (χ0v) is 13.3. The number of anilines is 1. The molecule has 0 bridgehead atoms. The van der Waals surface area contributed by atoms with E-state index in [0.29, 0.717) is 6.54 Å². The highest BCUT2D eigenvalue weighted by molar-refractivity contribution is 9.10. The van der Waals surface area contributed by atoms with E-state index in [9.17, 15) is 4.39 Å². The van der Waals surface area contributed by atoms with Gasteiger partial charge in [-0.3, -0.25) is 0 Å². The van der Waals surface area contributed by atoms with Crippen LogP contribution in [0.25, 0.3) is 0 Å². The van der Waals surface area contributed by atoms with Crippen LogP contribution in [0.15, 0.2) is 40.9 Å². The maximum Gasteiger partial charge on any atom is 0.142 e. The standard InChI is InChI=1S/C15H15BrClFN2/c1-9-2-4-11(16)14(6-9)20-15(8-19)10-3-5-12(17)13(18)7-10/h2-7,15,20H,8,19H2,1H3. The van der Waals surface area contributed by atoms with Crippen LogP contribution >= 0.6 is 27.5 Å². The third-order valence-electron chi connectivity index (χ3n) is 3.03. The molecular formula is C15H15BrClFN2. The van der Waals surface area contributed by atoms with E-state index in [2.05, 4.69) is 21.2 Å². The monoisotopic (exact) mass is 356 g/mol. The molecule has 0 heterocycles. The first-order valence-corrected chi connectivity index (χ1v) is 7.36. The van der Waals surface area contributed by atoms with Crippen LogP contribution in [0, 0.1) is 12.7 Å². The quantitative estimate of drug-likeness (QED) is 0.835. The number of aryl methyl sites for hydroxylation is 1. The Labute approximate surface area is 131 Å².